The third-order valence-corrected chi connectivity index (χ3v) is 3.90. The second-order valence-electron chi connectivity index (χ2n) is 5.43. The largest absolute Gasteiger partial charge is 0.325 e. The van der Waals surface area contributed by atoms with E-state index in [2.05, 4.69) is 12.2 Å². The van der Waals surface area contributed by atoms with Gasteiger partial charge in [-0.05, 0) is 57.5 Å². The quantitative estimate of drug-likeness (QED) is 0.598. The van der Waals surface area contributed by atoms with Crippen molar-refractivity contribution >= 4 is 0 Å². The summed E-state index contributed by atoms with van der Waals surface area (Å²) in [6.07, 6.45) is 7.93. The van der Waals surface area contributed by atoms with Crippen molar-refractivity contribution < 1.29 is 0 Å². The lowest BCUT2D eigenvalue weighted by atomic mass is 9.63. The molecule has 0 aromatic carbocycles. The van der Waals surface area contributed by atoms with Gasteiger partial charge in [-0.25, -0.2) is 0 Å². The predicted octanol–water partition coefficient (Wildman–Crippen LogP) is 1.65. The van der Waals surface area contributed by atoms with E-state index in [-0.39, 0.29) is 5.54 Å². The molecule has 0 radical (unpaired) electrons. The Hall–Kier alpha value is -0.0800. The summed E-state index contributed by atoms with van der Waals surface area (Å²) in [5.41, 5.74) is 6.99. The molecule has 1 saturated heterocycles. The van der Waals surface area contributed by atoms with Gasteiger partial charge < -0.3 is 11.1 Å². The van der Waals surface area contributed by atoms with Crippen LogP contribution in [0.5, 0.6) is 0 Å². The average Bonchev–Trinajstić information content (AvgIpc) is 2.03. The maximum atomic E-state index is 6.26. The second-order valence-corrected chi connectivity index (χ2v) is 5.43. The van der Waals surface area contributed by atoms with E-state index in [0.29, 0.717) is 5.41 Å². The second kappa shape index (κ2) is 3.25. The molecule has 3 N–H and O–H groups in total. The van der Waals surface area contributed by atoms with Crippen LogP contribution in [0.1, 0.15) is 45.4 Å². The van der Waals surface area contributed by atoms with Crippen molar-refractivity contribution in [2.75, 3.05) is 13.1 Å². The standard InChI is InChI=1S/C11H22N2/c1-10(12)3-2-4-11(9-10)5-7-13-8-6-11/h13H,2-9,12H2,1H3. The number of nitrogens with one attached hydrogen (secondary N) is 1. The van der Waals surface area contributed by atoms with Gasteiger partial charge in [0.25, 0.3) is 0 Å². The molecule has 0 aromatic heterocycles. The Morgan fingerprint density at radius 2 is 1.77 bits per heavy atom. The molecular formula is C11H22N2. The summed E-state index contributed by atoms with van der Waals surface area (Å²) in [4.78, 5) is 0. The number of hydrogen-bond donors (Lipinski definition) is 2. The van der Waals surface area contributed by atoms with Crippen LogP contribution in [0.25, 0.3) is 0 Å². The molecule has 2 nitrogen and oxygen atoms in total. The van der Waals surface area contributed by atoms with E-state index in [1.165, 1.54) is 51.6 Å². The van der Waals surface area contributed by atoms with Crippen molar-refractivity contribution in [3.05, 3.63) is 0 Å². The molecular weight excluding hydrogens is 160 g/mol. The summed E-state index contributed by atoms with van der Waals surface area (Å²) in [6.45, 7) is 4.64. The monoisotopic (exact) mass is 182 g/mol. The third-order valence-electron chi connectivity index (χ3n) is 3.90. The van der Waals surface area contributed by atoms with Crippen LogP contribution in [0, 0.1) is 5.41 Å². The fraction of sp³-hybridized carbons (Fsp3) is 1.00. The summed E-state index contributed by atoms with van der Waals surface area (Å²) < 4.78 is 0. The molecule has 2 fully saturated rings. The smallest absolute Gasteiger partial charge is 0.0131 e. The summed E-state index contributed by atoms with van der Waals surface area (Å²) >= 11 is 0. The minimum absolute atomic E-state index is 0.121. The number of hydrogen-bond acceptors (Lipinski definition) is 2. The molecule has 0 aromatic rings. The molecule has 1 saturated carbocycles. The van der Waals surface area contributed by atoms with Crippen LogP contribution in [-0.2, 0) is 0 Å². The zero-order valence-corrected chi connectivity index (χ0v) is 8.73. The fourth-order valence-corrected chi connectivity index (χ4v) is 3.28. The Kier molecular flexibility index (Phi) is 2.37. The predicted molar refractivity (Wildman–Crippen MR) is 55.6 cm³/mol. The zero-order valence-electron chi connectivity index (χ0n) is 8.73. The van der Waals surface area contributed by atoms with E-state index in [0.717, 1.165) is 0 Å². The van der Waals surface area contributed by atoms with Crippen molar-refractivity contribution in [1.29, 1.82) is 0 Å². The molecule has 2 rings (SSSR count). The van der Waals surface area contributed by atoms with E-state index < -0.39 is 0 Å². The van der Waals surface area contributed by atoms with Crippen LogP contribution in [0.15, 0.2) is 0 Å². The minimum atomic E-state index is 0.121. The van der Waals surface area contributed by atoms with Crippen LogP contribution >= 0.6 is 0 Å². The Balaban J connectivity index is 2.04. The number of rotatable bonds is 0. The lowest BCUT2D eigenvalue weighted by molar-refractivity contribution is 0.0863. The van der Waals surface area contributed by atoms with Crippen molar-refractivity contribution in [3.8, 4) is 0 Å². The minimum Gasteiger partial charge on any atom is -0.325 e. The molecule has 76 valence electrons. The van der Waals surface area contributed by atoms with Crippen LogP contribution in [0.2, 0.25) is 0 Å². The summed E-state index contributed by atoms with van der Waals surface area (Å²) in [6, 6.07) is 0. The van der Waals surface area contributed by atoms with E-state index in [9.17, 15) is 0 Å². The van der Waals surface area contributed by atoms with Gasteiger partial charge in [-0.1, -0.05) is 6.42 Å². The molecule has 2 aliphatic rings. The van der Waals surface area contributed by atoms with Crippen molar-refractivity contribution in [2.45, 2.75) is 51.0 Å². The van der Waals surface area contributed by atoms with Gasteiger partial charge in [-0.3, -0.25) is 0 Å². The van der Waals surface area contributed by atoms with Crippen LogP contribution < -0.4 is 11.1 Å². The average molecular weight is 182 g/mol. The topological polar surface area (TPSA) is 38.0 Å². The van der Waals surface area contributed by atoms with Crippen LogP contribution in [0.3, 0.4) is 0 Å². The van der Waals surface area contributed by atoms with Gasteiger partial charge in [0.15, 0.2) is 0 Å². The third kappa shape index (κ3) is 2.05. The number of piperidine rings is 1. The Bertz CT molecular complexity index is 175. The SMILES string of the molecule is CC1(N)CCCC2(CCNCC2)C1. The van der Waals surface area contributed by atoms with Crippen molar-refractivity contribution in [1.82, 2.24) is 5.32 Å². The molecule has 1 unspecified atom stereocenters. The van der Waals surface area contributed by atoms with E-state index in [1.54, 1.807) is 0 Å². The lowest BCUT2D eigenvalue weighted by Crippen LogP contribution is -2.49. The highest BCUT2D eigenvalue weighted by Gasteiger charge is 2.40. The van der Waals surface area contributed by atoms with Gasteiger partial charge in [0.05, 0.1) is 0 Å². The number of nitrogens with two attached hydrogens (primary N) is 1. The maximum Gasteiger partial charge on any atom is 0.0131 e. The molecule has 1 heterocycles. The summed E-state index contributed by atoms with van der Waals surface area (Å²) in [5, 5.41) is 3.44. The fourth-order valence-electron chi connectivity index (χ4n) is 3.28. The van der Waals surface area contributed by atoms with Crippen LogP contribution in [-0.4, -0.2) is 18.6 Å². The normalized spacial score (nSPS) is 39.2. The zero-order chi connectivity index (χ0) is 9.36. The highest BCUT2D eigenvalue weighted by Crippen LogP contribution is 2.46. The summed E-state index contributed by atoms with van der Waals surface area (Å²) in [7, 11) is 0. The van der Waals surface area contributed by atoms with Crippen molar-refractivity contribution in [2.24, 2.45) is 11.1 Å². The molecule has 1 aliphatic carbocycles. The van der Waals surface area contributed by atoms with E-state index >= 15 is 0 Å². The van der Waals surface area contributed by atoms with Gasteiger partial charge in [0.1, 0.15) is 0 Å². The van der Waals surface area contributed by atoms with Gasteiger partial charge in [0.2, 0.25) is 0 Å². The van der Waals surface area contributed by atoms with Gasteiger partial charge in [-0.15, -0.1) is 0 Å². The van der Waals surface area contributed by atoms with E-state index in [1.807, 2.05) is 0 Å². The molecule has 1 aliphatic heterocycles. The molecule has 0 bridgehead atoms. The lowest BCUT2D eigenvalue weighted by Gasteiger charge is -2.47. The van der Waals surface area contributed by atoms with Crippen LogP contribution in [0.4, 0.5) is 0 Å². The Morgan fingerprint density at radius 3 is 2.38 bits per heavy atom. The first-order valence-corrected chi connectivity index (χ1v) is 5.62. The Morgan fingerprint density at radius 1 is 1.08 bits per heavy atom. The van der Waals surface area contributed by atoms with Gasteiger partial charge >= 0.3 is 0 Å². The first kappa shape index (κ1) is 9.47. The summed E-state index contributed by atoms with van der Waals surface area (Å²) in [5.74, 6) is 0. The molecule has 1 atom stereocenters. The maximum absolute atomic E-state index is 6.26. The van der Waals surface area contributed by atoms with Crippen molar-refractivity contribution in [3.63, 3.8) is 0 Å². The first-order valence-electron chi connectivity index (χ1n) is 5.62. The molecule has 1 spiro atoms. The highest BCUT2D eigenvalue weighted by atomic mass is 14.9. The molecule has 0 amide bonds. The first-order chi connectivity index (χ1) is 6.12. The van der Waals surface area contributed by atoms with E-state index in [4.69, 9.17) is 5.73 Å². The van der Waals surface area contributed by atoms with Gasteiger partial charge in [-0.2, -0.15) is 0 Å². The molecule has 2 heteroatoms. The van der Waals surface area contributed by atoms with Gasteiger partial charge in [0, 0.05) is 5.54 Å². The molecule has 13 heavy (non-hydrogen) atoms. The highest BCUT2D eigenvalue weighted by molar-refractivity contribution is 4.97. The Labute approximate surface area is 81.3 Å².